The lowest BCUT2D eigenvalue weighted by molar-refractivity contribution is -0.118. The summed E-state index contributed by atoms with van der Waals surface area (Å²) in [5.41, 5.74) is 2.88. The second-order valence-electron chi connectivity index (χ2n) is 8.46. The Morgan fingerprint density at radius 2 is 1.92 bits per heavy atom. The first-order valence-corrected chi connectivity index (χ1v) is 13.7. The number of fused-ring (bicyclic) bond motifs is 1. The van der Waals surface area contributed by atoms with Crippen LogP contribution in [0.4, 0.5) is 15.8 Å². The molecule has 0 saturated carbocycles. The van der Waals surface area contributed by atoms with Gasteiger partial charge < -0.3 is 10.1 Å². The molecule has 9 nitrogen and oxygen atoms in total. The molecule has 0 bridgehead atoms. The fourth-order valence-electron chi connectivity index (χ4n) is 3.68. The highest BCUT2D eigenvalue weighted by molar-refractivity contribution is 7.89. The van der Waals surface area contributed by atoms with E-state index >= 15 is 0 Å². The maximum Gasteiger partial charge on any atom is 0.262 e. The van der Waals surface area contributed by atoms with E-state index < -0.39 is 15.8 Å². The summed E-state index contributed by atoms with van der Waals surface area (Å²) in [7, 11) is -0.717. The number of ether oxygens (including phenoxy) is 1. The summed E-state index contributed by atoms with van der Waals surface area (Å²) in [5.74, 6) is -0.0822. The van der Waals surface area contributed by atoms with Gasteiger partial charge in [0.15, 0.2) is 6.61 Å². The van der Waals surface area contributed by atoms with Gasteiger partial charge in [0.05, 0.1) is 28.2 Å². The summed E-state index contributed by atoms with van der Waals surface area (Å²) in [5, 5.41) is 9.21. The number of benzene rings is 3. The predicted molar refractivity (Wildman–Crippen MR) is 144 cm³/mol. The molecule has 1 aliphatic rings. The topological polar surface area (TPSA) is 105 Å². The van der Waals surface area contributed by atoms with Crippen LogP contribution < -0.4 is 14.9 Å². The maximum absolute atomic E-state index is 13.7. The Balaban J connectivity index is 1.64. The number of nitrogens with one attached hydrogen (secondary N) is 1. The van der Waals surface area contributed by atoms with E-state index in [0.29, 0.717) is 33.2 Å². The third-order valence-electron chi connectivity index (χ3n) is 5.59. The van der Waals surface area contributed by atoms with E-state index in [1.54, 1.807) is 41.1 Å². The minimum Gasteiger partial charge on any atom is -0.482 e. The number of hydrogen-bond acceptors (Lipinski definition) is 7. The Morgan fingerprint density at radius 1 is 1.11 bits per heavy atom. The molecule has 0 unspecified atom stereocenters. The summed E-state index contributed by atoms with van der Waals surface area (Å²) in [4.78, 5) is 17.0. The number of amides is 1. The molecule has 0 saturated heterocycles. The van der Waals surface area contributed by atoms with Crippen LogP contribution in [-0.2, 0) is 14.8 Å². The van der Waals surface area contributed by atoms with Crippen molar-refractivity contribution >= 4 is 44.9 Å². The second kappa shape index (κ2) is 10.3. The molecule has 38 heavy (non-hydrogen) atoms. The fourth-order valence-corrected chi connectivity index (χ4v) is 5.47. The minimum atomic E-state index is -3.64. The zero-order chi connectivity index (χ0) is 26.9. The van der Waals surface area contributed by atoms with Gasteiger partial charge in [-0.15, -0.1) is 11.3 Å². The van der Waals surface area contributed by atoms with Crippen LogP contribution in [0, 0.1) is 5.82 Å². The number of hydrogen-bond donors (Lipinski definition) is 1. The lowest BCUT2D eigenvalue weighted by Gasteiger charge is -2.18. The minimum absolute atomic E-state index is 0.0473. The van der Waals surface area contributed by atoms with E-state index in [-0.39, 0.29) is 17.4 Å². The third-order valence-corrected chi connectivity index (χ3v) is 8.21. The van der Waals surface area contributed by atoms with Crippen molar-refractivity contribution in [2.75, 3.05) is 26.0 Å². The van der Waals surface area contributed by atoms with Gasteiger partial charge >= 0.3 is 0 Å². The van der Waals surface area contributed by atoms with Crippen LogP contribution in [0.25, 0.3) is 11.3 Å². The molecule has 0 atom stereocenters. The summed E-state index contributed by atoms with van der Waals surface area (Å²) in [6, 6.07) is 17.7. The number of carbonyl (C=O) groups excluding carboxylic acids is 1. The lowest BCUT2D eigenvalue weighted by atomic mass is 10.1. The zero-order valence-electron chi connectivity index (χ0n) is 20.3. The largest absolute Gasteiger partial charge is 0.482 e. The number of aromatic nitrogens is 1. The van der Waals surface area contributed by atoms with Gasteiger partial charge in [0.1, 0.15) is 11.6 Å². The van der Waals surface area contributed by atoms with E-state index in [1.807, 2.05) is 11.4 Å². The van der Waals surface area contributed by atoms with Crippen LogP contribution in [0.15, 0.2) is 87.1 Å². The molecule has 1 amide bonds. The SMILES string of the molecule is CN(C)S(=O)(=O)c1cccc(N=c2scc(-c3ccc4c(c3)NC(=O)CO4)n2N=Cc2cccc(F)c2)c1. The molecular formula is C26H22FN5O4S2. The average molecular weight is 552 g/mol. The molecule has 2 heterocycles. The van der Waals surface area contributed by atoms with Crippen LogP contribution in [0.2, 0.25) is 0 Å². The van der Waals surface area contributed by atoms with Crippen LogP contribution in [0.3, 0.4) is 0 Å². The van der Waals surface area contributed by atoms with Crippen molar-refractivity contribution in [1.29, 1.82) is 0 Å². The normalized spacial score (nSPS) is 14.0. The van der Waals surface area contributed by atoms with Crippen molar-refractivity contribution < 1.29 is 22.3 Å². The smallest absolute Gasteiger partial charge is 0.262 e. The predicted octanol–water partition coefficient (Wildman–Crippen LogP) is 4.05. The number of anilines is 1. The van der Waals surface area contributed by atoms with Crippen LogP contribution >= 0.6 is 11.3 Å². The summed E-state index contributed by atoms with van der Waals surface area (Å²) >= 11 is 1.29. The van der Waals surface area contributed by atoms with Crippen LogP contribution in [0.1, 0.15) is 5.56 Å². The second-order valence-corrected chi connectivity index (χ2v) is 11.4. The van der Waals surface area contributed by atoms with Gasteiger partial charge in [-0.2, -0.15) is 5.10 Å². The fraction of sp³-hybridized carbons (Fsp3) is 0.115. The molecular weight excluding hydrogens is 529 g/mol. The highest BCUT2D eigenvalue weighted by Crippen LogP contribution is 2.33. The highest BCUT2D eigenvalue weighted by Gasteiger charge is 2.19. The molecule has 0 radical (unpaired) electrons. The van der Waals surface area contributed by atoms with Crippen molar-refractivity contribution in [2.45, 2.75) is 4.90 Å². The molecule has 1 N–H and O–H groups in total. The Labute approximate surface area is 222 Å². The standard InChI is InChI=1S/C26H22FN5O4S2/c1-31(2)38(34,35)21-8-4-7-20(13-21)29-26-32(28-14-17-5-3-6-19(27)11-17)23(16-37-26)18-9-10-24-22(12-18)30-25(33)15-36-24/h3-14,16H,15H2,1-2H3,(H,30,33). The molecule has 0 fully saturated rings. The third kappa shape index (κ3) is 5.28. The van der Waals surface area contributed by atoms with Gasteiger partial charge in [-0.1, -0.05) is 18.2 Å². The molecule has 12 heteroatoms. The van der Waals surface area contributed by atoms with E-state index in [4.69, 9.17) is 4.74 Å². The van der Waals surface area contributed by atoms with Gasteiger partial charge in [0.25, 0.3) is 5.91 Å². The molecule has 1 aliphatic heterocycles. The van der Waals surface area contributed by atoms with Crippen molar-refractivity contribution in [3.63, 3.8) is 0 Å². The number of rotatable bonds is 6. The van der Waals surface area contributed by atoms with E-state index in [2.05, 4.69) is 15.4 Å². The van der Waals surface area contributed by atoms with Gasteiger partial charge in [-0.05, 0) is 54.1 Å². The number of halogens is 1. The molecule has 5 rings (SSSR count). The van der Waals surface area contributed by atoms with Gasteiger partial charge in [0, 0.05) is 25.0 Å². The quantitative estimate of drug-likeness (QED) is 0.365. The Hall–Kier alpha value is -4.13. The highest BCUT2D eigenvalue weighted by atomic mass is 32.2. The molecule has 4 aromatic rings. The molecule has 194 valence electrons. The van der Waals surface area contributed by atoms with Crippen molar-refractivity contribution in [1.82, 2.24) is 8.98 Å². The average Bonchev–Trinajstić information content (AvgIpc) is 3.29. The first kappa shape index (κ1) is 25.5. The summed E-state index contributed by atoms with van der Waals surface area (Å²) in [6.45, 7) is -0.0473. The Morgan fingerprint density at radius 3 is 2.71 bits per heavy atom. The van der Waals surface area contributed by atoms with Crippen molar-refractivity contribution in [2.24, 2.45) is 10.1 Å². The van der Waals surface area contributed by atoms with Crippen molar-refractivity contribution in [3.8, 4) is 17.0 Å². The van der Waals surface area contributed by atoms with Crippen LogP contribution in [0.5, 0.6) is 5.75 Å². The molecule has 3 aromatic carbocycles. The molecule has 0 spiro atoms. The summed E-state index contributed by atoms with van der Waals surface area (Å²) < 4.78 is 47.1. The lowest BCUT2D eigenvalue weighted by Crippen LogP contribution is -2.25. The van der Waals surface area contributed by atoms with Gasteiger partial charge in [0.2, 0.25) is 14.8 Å². The maximum atomic E-state index is 13.7. The number of sulfonamides is 1. The van der Waals surface area contributed by atoms with Crippen molar-refractivity contribution in [3.05, 3.63) is 88.3 Å². The van der Waals surface area contributed by atoms with E-state index in [0.717, 1.165) is 9.87 Å². The van der Waals surface area contributed by atoms with Gasteiger partial charge in [-0.3, -0.25) is 4.79 Å². The molecule has 1 aromatic heterocycles. The van der Waals surface area contributed by atoms with E-state index in [1.165, 1.54) is 55.9 Å². The molecule has 0 aliphatic carbocycles. The first-order chi connectivity index (χ1) is 18.2. The monoisotopic (exact) mass is 551 g/mol. The number of nitrogens with zero attached hydrogens (tertiary/aromatic N) is 4. The Kier molecular flexibility index (Phi) is 6.93. The summed E-state index contributed by atoms with van der Waals surface area (Å²) in [6.07, 6.45) is 1.51. The Bertz CT molecular complexity index is 1740. The zero-order valence-corrected chi connectivity index (χ0v) is 22.0. The number of carbonyl (C=O) groups is 1. The first-order valence-electron chi connectivity index (χ1n) is 11.4. The van der Waals surface area contributed by atoms with Crippen LogP contribution in [-0.4, -0.2) is 50.2 Å². The van der Waals surface area contributed by atoms with E-state index in [9.17, 15) is 17.6 Å². The van der Waals surface area contributed by atoms with Gasteiger partial charge in [-0.25, -0.2) is 26.8 Å². The number of thiazole rings is 1.